The second-order valence-electron chi connectivity index (χ2n) is 6.20. The van der Waals surface area contributed by atoms with Gasteiger partial charge in [0.15, 0.2) is 0 Å². The first kappa shape index (κ1) is 15.6. The maximum Gasteiger partial charge on any atom is 0.269 e. The molecule has 1 aromatic carbocycles. The SMILES string of the molecule is COc1cccc(-c2cc(C(=O)NC(C)(CO)C3CC3)[nH]n2)c1. The normalized spacial score (nSPS) is 16.7. The fraction of sp³-hybridized carbons (Fsp3) is 0.412. The number of rotatable bonds is 6. The zero-order chi connectivity index (χ0) is 16.4. The molecule has 1 unspecified atom stereocenters. The minimum atomic E-state index is -0.571. The molecule has 1 aromatic heterocycles. The van der Waals surface area contributed by atoms with Gasteiger partial charge in [0.1, 0.15) is 11.4 Å². The van der Waals surface area contributed by atoms with Gasteiger partial charge in [0.2, 0.25) is 0 Å². The van der Waals surface area contributed by atoms with Gasteiger partial charge in [0, 0.05) is 5.56 Å². The van der Waals surface area contributed by atoms with Gasteiger partial charge in [-0.2, -0.15) is 5.10 Å². The quantitative estimate of drug-likeness (QED) is 0.760. The first-order valence-corrected chi connectivity index (χ1v) is 7.69. The summed E-state index contributed by atoms with van der Waals surface area (Å²) in [6, 6.07) is 9.20. The molecule has 0 saturated heterocycles. The van der Waals surface area contributed by atoms with Gasteiger partial charge in [0.25, 0.3) is 5.91 Å². The number of aromatic amines is 1. The molecule has 1 aliphatic rings. The Balaban J connectivity index is 1.77. The van der Waals surface area contributed by atoms with Gasteiger partial charge >= 0.3 is 0 Å². The molecule has 0 aliphatic heterocycles. The Morgan fingerprint density at radius 2 is 2.26 bits per heavy atom. The minimum absolute atomic E-state index is 0.0692. The van der Waals surface area contributed by atoms with Crippen molar-refractivity contribution in [2.24, 2.45) is 5.92 Å². The van der Waals surface area contributed by atoms with E-state index in [2.05, 4.69) is 15.5 Å². The van der Waals surface area contributed by atoms with Crippen LogP contribution in [0.25, 0.3) is 11.3 Å². The highest BCUT2D eigenvalue weighted by atomic mass is 16.5. The summed E-state index contributed by atoms with van der Waals surface area (Å²) in [6.45, 7) is 1.81. The van der Waals surface area contributed by atoms with Crippen molar-refractivity contribution in [3.05, 3.63) is 36.0 Å². The lowest BCUT2D eigenvalue weighted by Crippen LogP contribution is -2.50. The van der Waals surface area contributed by atoms with Crippen LogP contribution in [0.5, 0.6) is 5.75 Å². The molecule has 1 aliphatic carbocycles. The van der Waals surface area contributed by atoms with E-state index in [-0.39, 0.29) is 12.5 Å². The lowest BCUT2D eigenvalue weighted by molar-refractivity contribution is 0.0819. The molecule has 0 spiro atoms. The van der Waals surface area contributed by atoms with Gasteiger partial charge in [-0.15, -0.1) is 0 Å². The second-order valence-corrected chi connectivity index (χ2v) is 6.20. The van der Waals surface area contributed by atoms with Crippen molar-refractivity contribution in [2.45, 2.75) is 25.3 Å². The van der Waals surface area contributed by atoms with Crippen molar-refractivity contribution in [1.82, 2.24) is 15.5 Å². The third-order valence-corrected chi connectivity index (χ3v) is 4.39. The number of hydrogen-bond donors (Lipinski definition) is 3. The van der Waals surface area contributed by atoms with Gasteiger partial charge in [-0.05, 0) is 43.9 Å². The monoisotopic (exact) mass is 315 g/mol. The van der Waals surface area contributed by atoms with Crippen LogP contribution < -0.4 is 10.1 Å². The molecule has 3 rings (SSSR count). The average Bonchev–Trinajstić information content (AvgIpc) is 3.32. The molecule has 122 valence electrons. The van der Waals surface area contributed by atoms with E-state index in [9.17, 15) is 9.90 Å². The van der Waals surface area contributed by atoms with Crippen LogP contribution in [0, 0.1) is 5.92 Å². The number of aliphatic hydroxyl groups is 1. The van der Waals surface area contributed by atoms with E-state index in [1.165, 1.54) is 0 Å². The van der Waals surface area contributed by atoms with Crippen LogP contribution in [0.1, 0.15) is 30.3 Å². The summed E-state index contributed by atoms with van der Waals surface area (Å²) in [5.41, 5.74) is 1.35. The van der Waals surface area contributed by atoms with Crippen molar-refractivity contribution < 1.29 is 14.6 Å². The second kappa shape index (κ2) is 6.04. The minimum Gasteiger partial charge on any atom is -0.497 e. The number of benzene rings is 1. The highest BCUT2D eigenvalue weighted by molar-refractivity contribution is 5.94. The van der Waals surface area contributed by atoms with Gasteiger partial charge < -0.3 is 15.2 Å². The number of hydrogen-bond acceptors (Lipinski definition) is 4. The number of nitrogens with zero attached hydrogens (tertiary/aromatic N) is 1. The first-order chi connectivity index (χ1) is 11.1. The predicted octanol–water partition coefficient (Wildman–Crippen LogP) is 1.98. The summed E-state index contributed by atoms with van der Waals surface area (Å²) in [6.07, 6.45) is 2.07. The first-order valence-electron chi connectivity index (χ1n) is 7.69. The lowest BCUT2D eigenvalue weighted by Gasteiger charge is -2.28. The smallest absolute Gasteiger partial charge is 0.269 e. The van der Waals surface area contributed by atoms with Crippen LogP contribution in [-0.4, -0.2) is 40.5 Å². The molecular weight excluding hydrogens is 294 g/mol. The zero-order valence-electron chi connectivity index (χ0n) is 13.3. The van der Waals surface area contributed by atoms with Crippen LogP contribution in [-0.2, 0) is 0 Å². The molecular formula is C17H21N3O3. The van der Waals surface area contributed by atoms with Crippen LogP contribution in [0.3, 0.4) is 0 Å². The Morgan fingerprint density at radius 3 is 2.91 bits per heavy atom. The van der Waals surface area contributed by atoms with Gasteiger partial charge in [-0.3, -0.25) is 9.89 Å². The van der Waals surface area contributed by atoms with E-state index in [1.807, 2.05) is 31.2 Å². The van der Waals surface area contributed by atoms with Crippen LogP contribution in [0.15, 0.2) is 30.3 Å². The summed E-state index contributed by atoms with van der Waals surface area (Å²) in [4.78, 5) is 12.4. The van der Waals surface area contributed by atoms with E-state index < -0.39 is 5.54 Å². The highest BCUT2D eigenvalue weighted by Crippen LogP contribution is 2.39. The summed E-state index contributed by atoms with van der Waals surface area (Å²) >= 11 is 0. The molecule has 1 fully saturated rings. The predicted molar refractivity (Wildman–Crippen MR) is 86.3 cm³/mol. The number of aromatic nitrogens is 2. The molecule has 1 saturated carbocycles. The van der Waals surface area contributed by atoms with Crippen molar-refractivity contribution in [1.29, 1.82) is 0 Å². The molecule has 23 heavy (non-hydrogen) atoms. The molecule has 1 amide bonds. The summed E-state index contributed by atoms with van der Waals surface area (Å²) in [5.74, 6) is 0.824. The molecule has 6 heteroatoms. The summed E-state index contributed by atoms with van der Waals surface area (Å²) < 4.78 is 5.20. The lowest BCUT2D eigenvalue weighted by atomic mass is 9.97. The Kier molecular flexibility index (Phi) is 4.09. The van der Waals surface area contributed by atoms with E-state index in [4.69, 9.17) is 4.74 Å². The molecule has 0 radical (unpaired) electrons. The number of carbonyl (C=O) groups excluding carboxylic acids is 1. The van der Waals surface area contributed by atoms with Gasteiger partial charge in [-0.1, -0.05) is 12.1 Å². The van der Waals surface area contributed by atoms with Crippen LogP contribution in [0.4, 0.5) is 0 Å². The maximum atomic E-state index is 12.4. The summed E-state index contributed by atoms with van der Waals surface area (Å²) in [5, 5.41) is 19.5. The molecule has 0 bridgehead atoms. The highest BCUT2D eigenvalue weighted by Gasteiger charge is 2.42. The largest absolute Gasteiger partial charge is 0.497 e. The molecule has 3 N–H and O–H groups in total. The number of amides is 1. The topological polar surface area (TPSA) is 87.2 Å². The van der Waals surface area contributed by atoms with E-state index in [0.717, 1.165) is 24.2 Å². The zero-order valence-corrected chi connectivity index (χ0v) is 13.3. The number of methoxy groups -OCH3 is 1. The Morgan fingerprint density at radius 1 is 1.48 bits per heavy atom. The summed E-state index contributed by atoms with van der Waals surface area (Å²) in [7, 11) is 1.61. The van der Waals surface area contributed by atoms with E-state index >= 15 is 0 Å². The third-order valence-electron chi connectivity index (χ3n) is 4.39. The van der Waals surface area contributed by atoms with Crippen LogP contribution in [0.2, 0.25) is 0 Å². The maximum absolute atomic E-state index is 12.4. The van der Waals surface area contributed by atoms with Crippen molar-refractivity contribution in [3.8, 4) is 17.0 Å². The standard InChI is InChI=1S/C17H21N3O3/c1-17(10-21,12-6-7-12)18-16(22)15-9-14(19-20-15)11-4-3-5-13(8-11)23-2/h3-5,8-9,12,21H,6-7,10H2,1-2H3,(H,18,22)(H,19,20). The van der Waals surface area contributed by atoms with E-state index in [1.54, 1.807) is 13.2 Å². The third kappa shape index (κ3) is 3.22. The van der Waals surface area contributed by atoms with Crippen molar-refractivity contribution in [2.75, 3.05) is 13.7 Å². The van der Waals surface area contributed by atoms with Crippen LogP contribution >= 0.6 is 0 Å². The molecule has 1 atom stereocenters. The van der Waals surface area contributed by atoms with E-state index in [0.29, 0.717) is 17.3 Å². The Hall–Kier alpha value is -2.34. The number of aliphatic hydroxyl groups excluding tert-OH is 1. The fourth-order valence-corrected chi connectivity index (χ4v) is 2.69. The number of carbonyl (C=O) groups is 1. The number of nitrogens with one attached hydrogen (secondary N) is 2. The number of ether oxygens (including phenoxy) is 1. The average molecular weight is 315 g/mol. The fourth-order valence-electron chi connectivity index (χ4n) is 2.69. The number of H-pyrrole nitrogens is 1. The van der Waals surface area contributed by atoms with Crippen molar-refractivity contribution >= 4 is 5.91 Å². The van der Waals surface area contributed by atoms with Gasteiger partial charge in [0.05, 0.1) is 24.9 Å². The van der Waals surface area contributed by atoms with Gasteiger partial charge in [-0.25, -0.2) is 0 Å². The Bertz CT molecular complexity index is 709. The van der Waals surface area contributed by atoms with Crippen molar-refractivity contribution in [3.63, 3.8) is 0 Å². The molecule has 1 heterocycles. The Labute approximate surface area is 134 Å². The molecule has 2 aromatic rings. The molecule has 6 nitrogen and oxygen atoms in total.